The van der Waals surface area contributed by atoms with Crippen molar-refractivity contribution in [1.82, 2.24) is 19.4 Å². The van der Waals surface area contributed by atoms with Gasteiger partial charge in [-0.15, -0.1) is 0 Å². The van der Waals surface area contributed by atoms with Crippen LogP contribution in [0, 0.1) is 15.4 Å². The summed E-state index contributed by atoms with van der Waals surface area (Å²) in [5, 5.41) is 1.35. The smallest absolute Gasteiger partial charge is 0.410 e. The summed E-state index contributed by atoms with van der Waals surface area (Å²) in [5.74, 6) is 0.157. The number of hydrogen-bond acceptors (Lipinski definition) is 6. The molecule has 4 atom stereocenters. The van der Waals surface area contributed by atoms with Gasteiger partial charge in [-0.3, -0.25) is 0 Å². The zero-order chi connectivity index (χ0) is 24.4. The lowest BCUT2D eigenvalue weighted by Crippen LogP contribution is -2.44. The fraction of sp³-hybridized carbons (Fsp3) is 0.708. The van der Waals surface area contributed by atoms with Crippen molar-refractivity contribution in [2.75, 3.05) is 13.1 Å². The van der Waals surface area contributed by atoms with Gasteiger partial charge >= 0.3 is 6.09 Å². The minimum atomic E-state index is -0.633. The fourth-order valence-corrected chi connectivity index (χ4v) is 7.01. The van der Waals surface area contributed by atoms with Crippen molar-refractivity contribution in [3.8, 4) is 0 Å². The lowest BCUT2D eigenvalue weighted by molar-refractivity contribution is -0.163. The van der Waals surface area contributed by atoms with Gasteiger partial charge in [-0.05, 0) is 88.3 Å². The van der Waals surface area contributed by atoms with E-state index in [9.17, 15) is 4.79 Å². The predicted molar refractivity (Wildman–Crippen MR) is 137 cm³/mol. The van der Waals surface area contributed by atoms with Gasteiger partial charge in [0.05, 0.1) is 17.5 Å². The lowest BCUT2D eigenvalue weighted by Gasteiger charge is -2.37. The van der Waals surface area contributed by atoms with Crippen molar-refractivity contribution in [3.63, 3.8) is 0 Å². The highest BCUT2D eigenvalue weighted by atomic mass is 127. The molecule has 3 fully saturated rings. The van der Waals surface area contributed by atoms with Crippen LogP contribution in [-0.4, -0.2) is 62.2 Å². The monoisotopic (exact) mass is 602 g/mol. The molecule has 2 aromatic heterocycles. The molecule has 0 bridgehead atoms. The van der Waals surface area contributed by atoms with Crippen molar-refractivity contribution in [1.29, 1.82) is 0 Å². The minimum absolute atomic E-state index is 0.00509. The topological polar surface area (TPSA) is 78.7 Å². The van der Waals surface area contributed by atoms with Gasteiger partial charge in [0.2, 0.25) is 0 Å². The molecule has 10 heteroatoms. The third-order valence-corrected chi connectivity index (χ3v) is 8.25. The molecule has 1 amide bonds. The van der Waals surface area contributed by atoms with Gasteiger partial charge in [-0.25, -0.2) is 14.8 Å². The van der Waals surface area contributed by atoms with Crippen molar-refractivity contribution < 1.29 is 19.0 Å². The number of nitrogens with zero attached hydrogens (tertiary/aromatic N) is 4. The number of amides is 1. The molecule has 186 valence electrons. The molecule has 3 aliphatic rings. The summed E-state index contributed by atoms with van der Waals surface area (Å²) >= 11 is 8.70. The van der Waals surface area contributed by atoms with Crippen LogP contribution in [0.1, 0.15) is 59.9 Å². The van der Waals surface area contributed by atoms with Crippen molar-refractivity contribution >= 4 is 51.3 Å². The van der Waals surface area contributed by atoms with Gasteiger partial charge in [0.25, 0.3) is 0 Å². The van der Waals surface area contributed by atoms with Gasteiger partial charge in [0.15, 0.2) is 5.79 Å². The molecule has 0 N–H and O–H groups in total. The largest absolute Gasteiger partial charge is 0.444 e. The molecule has 2 aliphatic heterocycles. The highest BCUT2D eigenvalue weighted by Crippen LogP contribution is 2.52. The van der Waals surface area contributed by atoms with Crippen molar-refractivity contribution in [2.45, 2.75) is 83.5 Å². The Hall–Kier alpha value is -1.17. The molecule has 4 heterocycles. The molecule has 5 rings (SSSR count). The summed E-state index contributed by atoms with van der Waals surface area (Å²) in [7, 11) is 0. The van der Waals surface area contributed by atoms with E-state index in [4.69, 9.17) is 25.8 Å². The maximum absolute atomic E-state index is 12.5. The van der Waals surface area contributed by atoms with Gasteiger partial charge in [0, 0.05) is 22.9 Å². The number of carbonyl (C=O) groups is 1. The zero-order valence-electron chi connectivity index (χ0n) is 20.3. The van der Waals surface area contributed by atoms with Gasteiger partial charge < -0.3 is 23.7 Å². The first kappa shape index (κ1) is 24.5. The molecule has 0 spiro atoms. The van der Waals surface area contributed by atoms with E-state index in [0.29, 0.717) is 30.1 Å². The van der Waals surface area contributed by atoms with Crippen LogP contribution in [0.25, 0.3) is 11.0 Å². The normalized spacial score (nSPS) is 29.6. The van der Waals surface area contributed by atoms with E-state index >= 15 is 0 Å². The molecule has 0 unspecified atom stereocenters. The van der Waals surface area contributed by atoms with Crippen LogP contribution >= 0.6 is 34.2 Å². The standard InChI is InChI=1S/C24H32ClIN4O4/c1-23(2,3)34-22(31)29-8-6-13(7-9-29)14-10-16(19-18(14)32-24(4,5)33-19)30-11-15(26)17-20(25)27-12-28-21(17)30/h11-14,16,18-19H,6-10H2,1-5H3/t14-,16-,18-,19+/m1/s1. The summed E-state index contributed by atoms with van der Waals surface area (Å²) in [6.45, 7) is 11.1. The molecule has 34 heavy (non-hydrogen) atoms. The Labute approximate surface area is 218 Å². The fourth-order valence-electron chi connectivity index (χ4n) is 5.82. The van der Waals surface area contributed by atoms with Gasteiger partial charge in [-0.2, -0.15) is 0 Å². The summed E-state index contributed by atoms with van der Waals surface area (Å²) in [6.07, 6.45) is 6.14. The SMILES string of the molecule is CC(C)(C)OC(=O)N1CCC([C@H]2C[C@@H](n3cc(I)c4c(Cl)ncnc43)[C@@H]3OC(C)(C)O[C@@H]32)CC1. The lowest BCUT2D eigenvalue weighted by atomic mass is 9.82. The predicted octanol–water partition coefficient (Wildman–Crippen LogP) is 5.42. The maximum Gasteiger partial charge on any atom is 0.410 e. The minimum Gasteiger partial charge on any atom is -0.444 e. The number of piperidine rings is 1. The van der Waals surface area contributed by atoms with E-state index in [2.05, 4.69) is 43.3 Å². The molecule has 0 radical (unpaired) electrons. The van der Waals surface area contributed by atoms with Crippen LogP contribution in [-0.2, 0) is 14.2 Å². The molecular formula is C24H32ClIN4O4. The molecule has 2 saturated heterocycles. The molecule has 1 saturated carbocycles. The Morgan fingerprint density at radius 1 is 1.21 bits per heavy atom. The number of aromatic nitrogens is 3. The number of ether oxygens (including phenoxy) is 3. The van der Waals surface area contributed by atoms with E-state index in [1.807, 2.05) is 39.5 Å². The second-order valence-electron chi connectivity index (χ2n) is 11.1. The number of carbonyl (C=O) groups excluding carboxylic acids is 1. The van der Waals surface area contributed by atoms with Crippen LogP contribution in [0.2, 0.25) is 5.15 Å². The number of fused-ring (bicyclic) bond motifs is 2. The Bertz CT molecular complexity index is 1090. The quantitative estimate of drug-likeness (QED) is 0.338. The van der Waals surface area contributed by atoms with Crippen LogP contribution in [0.15, 0.2) is 12.5 Å². The van der Waals surface area contributed by atoms with Crippen molar-refractivity contribution in [3.05, 3.63) is 21.2 Å². The summed E-state index contributed by atoms with van der Waals surface area (Å²) in [5.41, 5.74) is 0.353. The van der Waals surface area contributed by atoms with E-state index in [1.165, 1.54) is 6.33 Å². The summed E-state index contributed by atoms with van der Waals surface area (Å²) in [6, 6.07) is 0.0950. The zero-order valence-corrected chi connectivity index (χ0v) is 23.2. The van der Waals surface area contributed by atoms with E-state index in [0.717, 1.165) is 33.9 Å². The highest BCUT2D eigenvalue weighted by Gasteiger charge is 2.56. The van der Waals surface area contributed by atoms with Gasteiger partial charge in [0.1, 0.15) is 28.8 Å². The van der Waals surface area contributed by atoms with E-state index in [1.54, 1.807) is 0 Å². The number of rotatable bonds is 2. The average Bonchev–Trinajstić information content (AvgIpc) is 3.35. The van der Waals surface area contributed by atoms with Crippen molar-refractivity contribution in [2.24, 2.45) is 11.8 Å². The third kappa shape index (κ3) is 4.53. The first-order valence-electron chi connectivity index (χ1n) is 11.9. The third-order valence-electron chi connectivity index (χ3n) is 7.15. The first-order chi connectivity index (χ1) is 15.9. The molecular weight excluding hydrogens is 571 g/mol. The van der Waals surface area contributed by atoms with E-state index in [-0.39, 0.29) is 24.3 Å². The number of hydrogen-bond donors (Lipinski definition) is 0. The molecule has 0 aromatic carbocycles. The average molecular weight is 603 g/mol. The Balaban J connectivity index is 1.37. The van der Waals surface area contributed by atoms with Crippen LogP contribution in [0.5, 0.6) is 0 Å². The summed E-state index contributed by atoms with van der Waals surface area (Å²) < 4.78 is 21.7. The highest BCUT2D eigenvalue weighted by molar-refractivity contribution is 14.1. The summed E-state index contributed by atoms with van der Waals surface area (Å²) in [4.78, 5) is 23.1. The Kier molecular flexibility index (Phi) is 6.30. The molecule has 8 nitrogen and oxygen atoms in total. The van der Waals surface area contributed by atoms with Crippen LogP contribution < -0.4 is 0 Å². The maximum atomic E-state index is 12.5. The second-order valence-corrected chi connectivity index (χ2v) is 12.6. The van der Waals surface area contributed by atoms with Crippen LogP contribution in [0.4, 0.5) is 4.79 Å². The Morgan fingerprint density at radius 2 is 1.88 bits per heavy atom. The Morgan fingerprint density at radius 3 is 2.56 bits per heavy atom. The molecule has 2 aromatic rings. The number of likely N-dealkylation sites (tertiary alicyclic amines) is 1. The van der Waals surface area contributed by atoms with Gasteiger partial charge in [-0.1, -0.05) is 11.6 Å². The second kappa shape index (κ2) is 8.74. The first-order valence-corrected chi connectivity index (χ1v) is 13.4. The van der Waals surface area contributed by atoms with Crippen LogP contribution in [0.3, 0.4) is 0 Å². The number of halogens is 2. The van der Waals surface area contributed by atoms with E-state index < -0.39 is 11.4 Å². The molecule has 1 aliphatic carbocycles.